The number of aliphatic hydroxyl groups excluding tert-OH is 9. The van der Waals surface area contributed by atoms with Gasteiger partial charge in [-0.05, 0) is 12.8 Å². The first-order valence-electron chi connectivity index (χ1n) is 28.6. The van der Waals surface area contributed by atoms with Crippen molar-refractivity contribution in [1.29, 1.82) is 0 Å². The molecule has 0 bridgehead atoms. The first kappa shape index (κ1) is 75.2. The molecule has 18 atom stereocenters. The van der Waals surface area contributed by atoms with Crippen LogP contribution in [0.2, 0.25) is 0 Å². The van der Waals surface area contributed by atoms with Gasteiger partial charge in [0.25, 0.3) is 0 Å². The van der Waals surface area contributed by atoms with Crippen molar-refractivity contribution in [3.05, 3.63) is 0 Å². The minimum Gasteiger partial charge on any atom is -0.394 e. The third-order valence-corrected chi connectivity index (χ3v) is 16.2. The van der Waals surface area contributed by atoms with Crippen molar-refractivity contribution in [3.63, 3.8) is 0 Å². The lowest BCUT2D eigenvalue weighted by atomic mass is 9.92. The Labute approximate surface area is 489 Å². The topological polar surface area (TPSA) is 454 Å². The zero-order valence-corrected chi connectivity index (χ0v) is 49.6. The molecule has 18 unspecified atom stereocenters. The fourth-order valence-electron chi connectivity index (χ4n) is 8.80. The summed E-state index contributed by atoms with van der Waals surface area (Å²) in [6.07, 6.45) is -14.7. The first-order chi connectivity index (χ1) is 40.0. The molecule has 31 nitrogen and oxygen atoms in total. The summed E-state index contributed by atoms with van der Waals surface area (Å²) in [5.41, 5.74) is -0.629. The van der Waals surface area contributed by atoms with E-state index in [2.05, 4.69) is 21.3 Å². The molecule has 3 rings (SSSR count). The number of carbonyl (C=O) groups excluding carboxylic acids is 5. The lowest BCUT2D eigenvalue weighted by Crippen LogP contribution is -2.55. The van der Waals surface area contributed by atoms with Gasteiger partial charge in [-0.15, -0.1) is 0 Å². The van der Waals surface area contributed by atoms with E-state index in [1.807, 2.05) is 0 Å². The fraction of sp³-hybridized carbons (Fsp3) is 0.904. The summed E-state index contributed by atoms with van der Waals surface area (Å²) in [6, 6.07) is -1.27. The Morgan fingerprint density at radius 1 is 0.488 bits per heavy atom. The Morgan fingerprint density at radius 2 is 0.881 bits per heavy atom. The Balaban J connectivity index is 1.57. The third kappa shape index (κ3) is 26.3. The molecule has 0 spiro atoms. The number of aliphatic hydroxyl groups is 9. The number of Topliss-reactive ketones (excluding diaryl/α,β-unsaturated/α-hetero) is 1. The van der Waals surface area contributed by atoms with Gasteiger partial charge in [0.05, 0.1) is 123 Å². The normalized spacial score (nSPS) is 29.6. The van der Waals surface area contributed by atoms with Gasteiger partial charge in [0.2, 0.25) is 23.6 Å². The number of carbonyl (C=O) groups is 5. The summed E-state index contributed by atoms with van der Waals surface area (Å²) < 4.78 is 72.7. The van der Waals surface area contributed by atoms with Crippen LogP contribution in [0.5, 0.6) is 0 Å². The number of ketones is 1. The van der Waals surface area contributed by atoms with Gasteiger partial charge in [-0.2, -0.15) is 0 Å². The molecule has 84 heavy (non-hydrogen) atoms. The Kier molecular flexibility index (Phi) is 36.2. The van der Waals surface area contributed by atoms with Crippen molar-refractivity contribution in [2.45, 2.75) is 159 Å². The highest BCUT2D eigenvalue weighted by molar-refractivity contribution is 7.53. The van der Waals surface area contributed by atoms with Gasteiger partial charge in [0, 0.05) is 69.0 Å². The first-order valence-corrected chi connectivity index (χ1v) is 30.3. The number of hydrogen-bond donors (Lipinski definition) is 14. The van der Waals surface area contributed by atoms with Gasteiger partial charge in [-0.25, -0.2) is 0 Å². The predicted molar refractivity (Wildman–Crippen MR) is 290 cm³/mol. The molecule has 3 aliphatic heterocycles. The van der Waals surface area contributed by atoms with Crippen LogP contribution in [0.1, 0.15) is 73.1 Å². The maximum absolute atomic E-state index is 13.6. The van der Waals surface area contributed by atoms with E-state index >= 15 is 0 Å². The molecule has 0 radical (unpaired) electrons. The van der Waals surface area contributed by atoms with Gasteiger partial charge in [0.15, 0.2) is 18.9 Å². The number of rotatable bonds is 43. The highest BCUT2D eigenvalue weighted by Gasteiger charge is 2.45. The molecule has 490 valence electrons. The van der Waals surface area contributed by atoms with Crippen LogP contribution < -0.4 is 21.3 Å². The summed E-state index contributed by atoms with van der Waals surface area (Å²) >= 11 is 0. The van der Waals surface area contributed by atoms with Crippen LogP contribution in [0.25, 0.3) is 0 Å². The SMILES string of the molecule is CC1C(OCCOCCNC(=O)CCC(NC(=O)CCC(CC(=O)CCOCCOP(=O)(O)C(C)C)C(=O)NCCOCCOC2OC(CO)C(O)C(O)C2C)C(=O)NCCOCCOC2OC(CO)C(O)C(O)C2C)OC(CO)C(O)C1O. The second kappa shape index (κ2) is 40.5. The molecule has 3 fully saturated rings. The molecule has 0 aromatic rings. The molecule has 0 aromatic heterocycles. The molecule has 32 heteroatoms. The molecule has 0 saturated carbocycles. The van der Waals surface area contributed by atoms with Crippen LogP contribution >= 0.6 is 7.60 Å². The smallest absolute Gasteiger partial charge is 0.330 e. The fourth-order valence-corrected chi connectivity index (χ4v) is 9.44. The number of amides is 4. The Morgan fingerprint density at radius 3 is 1.31 bits per heavy atom. The molecule has 3 aliphatic rings. The van der Waals surface area contributed by atoms with Crippen LogP contribution in [0, 0.1) is 23.7 Å². The second-order valence-electron chi connectivity index (χ2n) is 21.1. The van der Waals surface area contributed by atoms with Crippen molar-refractivity contribution in [2.24, 2.45) is 23.7 Å². The molecule has 14 N–H and O–H groups in total. The highest BCUT2D eigenvalue weighted by atomic mass is 31.2. The molecule has 0 aromatic carbocycles. The second-order valence-corrected chi connectivity index (χ2v) is 23.5. The minimum absolute atomic E-state index is 0.00287. The van der Waals surface area contributed by atoms with Crippen LogP contribution in [0.4, 0.5) is 0 Å². The number of ether oxygens (including phenoxy) is 10. The maximum Gasteiger partial charge on any atom is 0.330 e. The van der Waals surface area contributed by atoms with Crippen molar-refractivity contribution >= 4 is 37.0 Å². The van der Waals surface area contributed by atoms with E-state index in [-0.39, 0.29) is 137 Å². The predicted octanol–water partition coefficient (Wildman–Crippen LogP) is -4.70. The van der Waals surface area contributed by atoms with Crippen LogP contribution in [0.15, 0.2) is 0 Å². The standard InChI is InChI=1S/C52H95N4O27P/c1-30(2)84(71,72)80-25-21-73-14-10-35(60)26-34(48(69)54-12-16-75-19-23-78-51-32(4)43(64)46(67)38(28-58)82-51)6-8-41(62)56-36(49(70)55-13-17-76-20-24-79-52-33(5)44(65)47(68)39(29-59)83-52)7-9-40(61)53-11-15-74-18-22-77-50-31(3)42(63)45(66)37(27-57)81-50/h30-34,36-39,42-47,50-52,57-59,63-68H,6-29H2,1-5H3,(H,53,61)(H,54,69)(H,55,70)(H,56,62)(H,71,72). The molecule has 3 saturated heterocycles. The Bertz CT molecular complexity index is 1950. The lowest BCUT2D eigenvalue weighted by Gasteiger charge is -2.40. The van der Waals surface area contributed by atoms with E-state index in [4.69, 9.17) is 51.9 Å². The van der Waals surface area contributed by atoms with Crippen molar-refractivity contribution < 1.29 is 131 Å². The van der Waals surface area contributed by atoms with E-state index in [9.17, 15) is 79.4 Å². The quantitative estimate of drug-likeness (QED) is 0.0201. The minimum atomic E-state index is -3.83. The summed E-state index contributed by atoms with van der Waals surface area (Å²) in [7, 11) is -3.83. The average Bonchev–Trinajstić information content (AvgIpc) is 2.94. The van der Waals surface area contributed by atoms with Crippen LogP contribution in [-0.2, 0) is 80.4 Å². The number of nitrogens with one attached hydrogen (secondary N) is 4. The maximum atomic E-state index is 13.6. The molecule has 0 aliphatic carbocycles. The lowest BCUT2D eigenvalue weighted by molar-refractivity contribution is -0.284. The Hall–Kier alpha value is -3.06. The third-order valence-electron chi connectivity index (χ3n) is 14.3. The summed E-state index contributed by atoms with van der Waals surface area (Å²) in [4.78, 5) is 76.8. The largest absolute Gasteiger partial charge is 0.394 e. The molecular weight excluding hydrogens is 1140 g/mol. The van der Waals surface area contributed by atoms with E-state index in [0.717, 1.165) is 0 Å². The van der Waals surface area contributed by atoms with Gasteiger partial charge < -0.3 is 124 Å². The molecule has 4 amide bonds. The summed E-state index contributed by atoms with van der Waals surface area (Å²) in [5.74, 6) is -5.72. The van der Waals surface area contributed by atoms with Gasteiger partial charge in [-0.1, -0.05) is 34.6 Å². The molecular formula is C52H95N4O27P. The highest BCUT2D eigenvalue weighted by Crippen LogP contribution is 2.46. The summed E-state index contributed by atoms with van der Waals surface area (Å²) in [6.45, 7) is 6.08. The van der Waals surface area contributed by atoms with Crippen molar-refractivity contribution in [3.8, 4) is 0 Å². The van der Waals surface area contributed by atoms with E-state index in [1.165, 1.54) is 13.8 Å². The summed E-state index contributed by atoms with van der Waals surface area (Å²) in [5, 5.41) is 100. The zero-order chi connectivity index (χ0) is 62.4. The van der Waals surface area contributed by atoms with Crippen LogP contribution in [0.3, 0.4) is 0 Å². The number of hydrogen-bond acceptors (Lipinski definition) is 26. The van der Waals surface area contributed by atoms with E-state index < -0.39 is 166 Å². The van der Waals surface area contributed by atoms with Gasteiger partial charge in [0.1, 0.15) is 48.4 Å². The van der Waals surface area contributed by atoms with Gasteiger partial charge in [-0.3, -0.25) is 28.5 Å². The van der Waals surface area contributed by atoms with Crippen LogP contribution in [-0.4, -0.2) is 285 Å². The van der Waals surface area contributed by atoms with Gasteiger partial charge >= 0.3 is 7.60 Å². The van der Waals surface area contributed by atoms with E-state index in [1.54, 1.807) is 20.8 Å². The molecule has 3 heterocycles. The van der Waals surface area contributed by atoms with E-state index in [0.29, 0.717) is 0 Å². The van der Waals surface area contributed by atoms with Crippen molar-refractivity contribution in [1.82, 2.24) is 21.3 Å². The zero-order valence-electron chi connectivity index (χ0n) is 48.7. The average molecular weight is 1240 g/mol. The van der Waals surface area contributed by atoms with Crippen molar-refractivity contribution in [2.75, 3.05) is 119 Å². The monoisotopic (exact) mass is 1240 g/mol.